The Kier molecular flexibility index (Phi) is 3.97. The third-order valence-corrected chi connectivity index (χ3v) is 4.66. The molecule has 1 fully saturated rings. The van der Waals surface area contributed by atoms with E-state index < -0.39 is 0 Å². The predicted octanol–water partition coefficient (Wildman–Crippen LogP) is 2.22. The van der Waals surface area contributed by atoms with Crippen molar-refractivity contribution in [1.82, 2.24) is 14.9 Å². The first-order valence-corrected chi connectivity index (χ1v) is 8.24. The molecule has 5 heteroatoms. The largest absolute Gasteiger partial charge is 0.377 e. The van der Waals surface area contributed by atoms with Gasteiger partial charge in [-0.2, -0.15) is 0 Å². The van der Waals surface area contributed by atoms with E-state index in [2.05, 4.69) is 57.0 Å². The van der Waals surface area contributed by atoms with E-state index in [-0.39, 0.29) is 0 Å². The van der Waals surface area contributed by atoms with Crippen LogP contribution in [-0.4, -0.2) is 40.7 Å². The maximum atomic E-state index is 5.56. The average molecular weight is 310 g/mol. The maximum absolute atomic E-state index is 5.56. The molecule has 0 bridgehead atoms. The summed E-state index contributed by atoms with van der Waals surface area (Å²) in [6.45, 7) is 7.43. The molecule has 0 spiro atoms. The Labute approximate surface area is 136 Å². The molecule has 2 aliphatic rings. The summed E-state index contributed by atoms with van der Waals surface area (Å²) in [5.74, 6) is 1.10. The SMILES string of the molecule is CC1COCCN1c1ncnc2c1CN(Cc1ccccc1)C2. The minimum atomic E-state index is 0.367. The molecule has 0 radical (unpaired) electrons. The molecule has 23 heavy (non-hydrogen) atoms. The molecule has 2 aromatic rings. The summed E-state index contributed by atoms with van der Waals surface area (Å²) < 4.78 is 5.56. The summed E-state index contributed by atoms with van der Waals surface area (Å²) in [6, 6.07) is 11.0. The standard InChI is InChI=1S/C18H22N4O/c1-14-12-23-8-7-22(14)18-16-10-21(11-17(16)19-13-20-18)9-15-5-3-2-4-6-15/h2-6,13-14H,7-12H2,1H3. The van der Waals surface area contributed by atoms with Gasteiger partial charge in [-0.25, -0.2) is 9.97 Å². The van der Waals surface area contributed by atoms with Gasteiger partial charge in [0.1, 0.15) is 12.1 Å². The van der Waals surface area contributed by atoms with Crippen LogP contribution in [0.1, 0.15) is 23.7 Å². The first-order valence-electron chi connectivity index (χ1n) is 8.24. The minimum Gasteiger partial charge on any atom is -0.377 e. The predicted molar refractivity (Wildman–Crippen MR) is 89.1 cm³/mol. The molecular weight excluding hydrogens is 288 g/mol. The number of morpholine rings is 1. The highest BCUT2D eigenvalue weighted by Gasteiger charge is 2.29. The summed E-state index contributed by atoms with van der Waals surface area (Å²) in [5.41, 5.74) is 3.80. The van der Waals surface area contributed by atoms with E-state index >= 15 is 0 Å². The van der Waals surface area contributed by atoms with E-state index in [1.54, 1.807) is 6.33 Å². The molecule has 0 saturated carbocycles. The van der Waals surface area contributed by atoms with Crippen molar-refractivity contribution in [3.8, 4) is 0 Å². The number of nitrogens with zero attached hydrogens (tertiary/aromatic N) is 4. The maximum Gasteiger partial charge on any atom is 0.137 e. The van der Waals surface area contributed by atoms with Crippen LogP contribution in [0, 0.1) is 0 Å². The Morgan fingerprint density at radius 3 is 2.87 bits per heavy atom. The number of hydrogen-bond acceptors (Lipinski definition) is 5. The second kappa shape index (κ2) is 6.26. The van der Waals surface area contributed by atoms with Gasteiger partial charge in [0.2, 0.25) is 0 Å². The highest BCUT2D eigenvalue weighted by Crippen LogP contribution is 2.31. The summed E-state index contributed by atoms with van der Waals surface area (Å²) in [6.07, 6.45) is 1.71. The van der Waals surface area contributed by atoms with E-state index in [1.165, 1.54) is 16.8 Å². The van der Waals surface area contributed by atoms with Crippen molar-refractivity contribution in [2.75, 3.05) is 24.7 Å². The van der Waals surface area contributed by atoms with Gasteiger partial charge in [0, 0.05) is 31.7 Å². The van der Waals surface area contributed by atoms with E-state index in [9.17, 15) is 0 Å². The molecule has 5 nitrogen and oxygen atoms in total. The minimum absolute atomic E-state index is 0.367. The molecule has 0 N–H and O–H groups in total. The van der Waals surface area contributed by atoms with Crippen molar-refractivity contribution in [2.45, 2.75) is 32.6 Å². The number of benzene rings is 1. The lowest BCUT2D eigenvalue weighted by Gasteiger charge is -2.35. The zero-order valence-corrected chi connectivity index (χ0v) is 13.5. The van der Waals surface area contributed by atoms with Crippen molar-refractivity contribution in [1.29, 1.82) is 0 Å². The monoisotopic (exact) mass is 310 g/mol. The van der Waals surface area contributed by atoms with Crippen LogP contribution in [0.2, 0.25) is 0 Å². The zero-order valence-electron chi connectivity index (χ0n) is 13.5. The number of rotatable bonds is 3. The quantitative estimate of drug-likeness (QED) is 0.869. The third-order valence-electron chi connectivity index (χ3n) is 4.66. The van der Waals surface area contributed by atoms with Crippen LogP contribution in [0.5, 0.6) is 0 Å². The highest BCUT2D eigenvalue weighted by atomic mass is 16.5. The molecule has 1 aromatic heterocycles. The van der Waals surface area contributed by atoms with E-state index in [0.717, 1.165) is 45.2 Å². The van der Waals surface area contributed by atoms with Crippen LogP contribution in [0.4, 0.5) is 5.82 Å². The fourth-order valence-electron chi connectivity index (χ4n) is 3.47. The Morgan fingerprint density at radius 2 is 2.04 bits per heavy atom. The van der Waals surface area contributed by atoms with Crippen LogP contribution in [-0.2, 0) is 24.4 Å². The number of fused-ring (bicyclic) bond motifs is 1. The molecule has 2 aliphatic heterocycles. The van der Waals surface area contributed by atoms with Crippen LogP contribution in [0.25, 0.3) is 0 Å². The van der Waals surface area contributed by atoms with Crippen LogP contribution in [0.3, 0.4) is 0 Å². The van der Waals surface area contributed by atoms with Crippen molar-refractivity contribution >= 4 is 5.82 Å². The fraction of sp³-hybridized carbons (Fsp3) is 0.444. The molecule has 1 aromatic carbocycles. The van der Waals surface area contributed by atoms with Gasteiger partial charge in [-0.15, -0.1) is 0 Å². The van der Waals surface area contributed by atoms with Gasteiger partial charge < -0.3 is 9.64 Å². The lowest BCUT2D eigenvalue weighted by molar-refractivity contribution is 0.0984. The van der Waals surface area contributed by atoms with Crippen LogP contribution < -0.4 is 4.90 Å². The van der Waals surface area contributed by atoms with Gasteiger partial charge in [0.15, 0.2) is 0 Å². The normalized spacial score (nSPS) is 21.4. The number of aromatic nitrogens is 2. The summed E-state index contributed by atoms with van der Waals surface area (Å²) in [7, 11) is 0. The van der Waals surface area contributed by atoms with Crippen molar-refractivity contribution in [2.24, 2.45) is 0 Å². The smallest absolute Gasteiger partial charge is 0.137 e. The Hall–Kier alpha value is -1.98. The van der Waals surface area contributed by atoms with Gasteiger partial charge >= 0.3 is 0 Å². The number of hydrogen-bond donors (Lipinski definition) is 0. The van der Waals surface area contributed by atoms with E-state index in [1.807, 2.05) is 0 Å². The first-order chi connectivity index (χ1) is 11.3. The molecule has 0 amide bonds. The summed E-state index contributed by atoms with van der Waals surface area (Å²) >= 11 is 0. The van der Waals surface area contributed by atoms with Gasteiger partial charge in [-0.1, -0.05) is 30.3 Å². The lowest BCUT2D eigenvalue weighted by atomic mass is 10.2. The van der Waals surface area contributed by atoms with Crippen molar-refractivity contribution in [3.05, 3.63) is 53.5 Å². The number of anilines is 1. The number of ether oxygens (including phenoxy) is 1. The molecule has 1 atom stereocenters. The van der Waals surface area contributed by atoms with Gasteiger partial charge in [-0.3, -0.25) is 4.90 Å². The second-order valence-corrected chi connectivity index (χ2v) is 6.37. The molecule has 4 rings (SSSR count). The van der Waals surface area contributed by atoms with Gasteiger partial charge in [-0.05, 0) is 12.5 Å². The highest BCUT2D eigenvalue weighted by molar-refractivity contribution is 5.51. The zero-order chi connectivity index (χ0) is 15.6. The molecule has 1 unspecified atom stereocenters. The summed E-state index contributed by atoms with van der Waals surface area (Å²) in [5, 5.41) is 0. The topological polar surface area (TPSA) is 41.5 Å². The summed E-state index contributed by atoms with van der Waals surface area (Å²) in [4.78, 5) is 13.9. The first kappa shape index (κ1) is 14.6. The third kappa shape index (κ3) is 2.94. The lowest BCUT2D eigenvalue weighted by Crippen LogP contribution is -2.44. The second-order valence-electron chi connectivity index (χ2n) is 6.37. The van der Waals surface area contributed by atoms with Crippen molar-refractivity contribution in [3.63, 3.8) is 0 Å². The van der Waals surface area contributed by atoms with Crippen LogP contribution >= 0.6 is 0 Å². The van der Waals surface area contributed by atoms with Crippen molar-refractivity contribution < 1.29 is 4.74 Å². The average Bonchev–Trinajstić information content (AvgIpc) is 2.99. The fourth-order valence-corrected chi connectivity index (χ4v) is 3.47. The molecular formula is C18H22N4O. The Morgan fingerprint density at radius 1 is 1.17 bits per heavy atom. The van der Waals surface area contributed by atoms with Gasteiger partial charge in [0.25, 0.3) is 0 Å². The molecule has 1 saturated heterocycles. The van der Waals surface area contributed by atoms with E-state index in [0.29, 0.717) is 6.04 Å². The van der Waals surface area contributed by atoms with E-state index in [4.69, 9.17) is 4.74 Å². The van der Waals surface area contributed by atoms with Crippen LogP contribution in [0.15, 0.2) is 36.7 Å². The van der Waals surface area contributed by atoms with Gasteiger partial charge in [0.05, 0.1) is 24.9 Å². The molecule has 0 aliphatic carbocycles. The molecule has 120 valence electrons. The Bertz CT molecular complexity index is 676. The molecule has 3 heterocycles. The Balaban J connectivity index is 1.55.